The molecule has 1 nitrogen and oxygen atoms in total. The Balaban J connectivity index is 5.04. The summed E-state index contributed by atoms with van der Waals surface area (Å²) >= 11 is 0. The Labute approximate surface area is 172 Å². The van der Waals surface area contributed by atoms with E-state index >= 15 is 0 Å². The molecule has 0 rings (SSSR count). The second-order valence-corrected chi connectivity index (χ2v) is 6.46. The van der Waals surface area contributed by atoms with Crippen molar-refractivity contribution in [3.63, 3.8) is 0 Å². The maximum Gasteiger partial charge on any atom is 0.0405 e. The van der Waals surface area contributed by atoms with Crippen molar-refractivity contribution >= 4 is 0 Å². The molecule has 0 aliphatic heterocycles. The predicted molar refractivity (Wildman–Crippen MR) is 129 cm³/mol. The van der Waals surface area contributed by atoms with Gasteiger partial charge in [-0.05, 0) is 43.9 Å². The molecule has 0 fully saturated rings. The fraction of sp³-hybridized carbons (Fsp3) is 0.185. The molecule has 0 unspecified atom stereocenters. The van der Waals surface area contributed by atoms with Gasteiger partial charge >= 0.3 is 0 Å². The van der Waals surface area contributed by atoms with Crippen molar-refractivity contribution in [3.05, 3.63) is 134 Å². The highest BCUT2D eigenvalue weighted by Gasteiger charge is 2.04. The van der Waals surface area contributed by atoms with Gasteiger partial charge < -0.3 is 4.90 Å². The largest absolute Gasteiger partial charge is 0.348 e. The number of nitrogens with zero attached hydrogens (tertiary/aromatic N) is 1. The van der Waals surface area contributed by atoms with E-state index in [9.17, 15) is 0 Å². The molecule has 0 heterocycles. The first kappa shape index (κ1) is 24.9. The van der Waals surface area contributed by atoms with Gasteiger partial charge in [0, 0.05) is 18.4 Å². The maximum absolute atomic E-state index is 4.24. The molecule has 0 aromatic carbocycles. The Hall–Kier alpha value is -3.06. The lowest BCUT2D eigenvalue weighted by Crippen LogP contribution is -2.16. The van der Waals surface area contributed by atoms with Crippen LogP contribution < -0.4 is 0 Å². The Morgan fingerprint density at radius 3 is 2.11 bits per heavy atom. The molecule has 0 amide bonds. The first-order chi connectivity index (χ1) is 13.3. The molecule has 28 heavy (non-hydrogen) atoms. The first-order valence-electron chi connectivity index (χ1n) is 9.39. The molecule has 1 heteroatoms. The summed E-state index contributed by atoms with van der Waals surface area (Å²) in [4.78, 5) is 2.13. The van der Waals surface area contributed by atoms with Gasteiger partial charge in [0.1, 0.15) is 0 Å². The topological polar surface area (TPSA) is 3.24 Å². The molecule has 0 aliphatic carbocycles. The number of hydrogen-bond donors (Lipinski definition) is 0. The normalized spacial score (nSPS) is 12.1. The smallest absolute Gasteiger partial charge is 0.0405 e. The van der Waals surface area contributed by atoms with E-state index in [4.69, 9.17) is 0 Å². The van der Waals surface area contributed by atoms with Crippen molar-refractivity contribution in [2.45, 2.75) is 26.7 Å². The van der Waals surface area contributed by atoms with Crippen molar-refractivity contribution < 1.29 is 0 Å². The summed E-state index contributed by atoms with van der Waals surface area (Å²) in [6.45, 7) is 28.4. The minimum atomic E-state index is 0.732. The van der Waals surface area contributed by atoms with Crippen molar-refractivity contribution in [1.29, 1.82) is 0 Å². The van der Waals surface area contributed by atoms with Gasteiger partial charge in [-0.1, -0.05) is 105 Å². The molecule has 0 aromatic rings. The zero-order chi connectivity index (χ0) is 21.4. The van der Waals surface area contributed by atoms with Gasteiger partial charge in [0.05, 0.1) is 0 Å². The highest BCUT2D eigenvalue weighted by atomic mass is 15.1. The minimum Gasteiger partial charge on any atom is -0.348 e. The van der Waals surface area contributed by atoms with Crippen LogP contribution in [0.4, 0.5) is 0 Å². The number of allylic oxidation sites excluding steroid dienone is 14. The third-order valence-corrected chi connectivity index (χ3v) is 4.07. The highest BCUT2D eigenvalue weighted by Crippen LogP contribution is 2.18. The van der Waals surface area contributed by atoms with E-state index in [0.717, 1.165) is 47.4 Å². The average molecular weight is 374 g/mol. The highest BCUT2D eigenvalue weighted by molar-refractivity contribution is 5.38. The lowest BCUT2D eigenvalue weighted by Gasteiger charge is -2.21. The van der Waals surface area contributed by atoms with Crippen LogP contribution in [0, 0.1) is 0 Å². The molecule has 0 spiro atoms. The van der Waals surface area contributed by atoms with Crippen molar-refractivity contribution in [1.82, 2.24) is 4.90 Å². The first-order valence-corrected chi connectivity index (χ1v) is 9.39. The summed E-state index contributed by atoms with van der Waals surface area (Å²) in [6.07, 6.45) is 23.1. The number of hydrogen-bond acceptors (Lipinski definition) is 1. The number of rotatable bonds is 14. The quantitative estimate of drug-likeness (QED) is 0.281. The van der Waals surface area contributed by atoms with Crippen molar-refractivity contribution in [2.24, 2.45) is 0 Å². The molecule has 0 atom stereocenters. The summed E-state index contributed by atoms with van der Waals surface area (Å²) in [7, 11) is 0. The van der Waals surface area contributed by atoms with Crippen LogP contribution in [0.3, 0.4) is 0 Å². The molecular formula is C27H35N. The van der Waals surface area contributed by atoms with Gasteiger partial charge in [-0.2, -0.15) is 0 Å². The summed E-state index contributed by atoms with van der Waals surface area (Å²) in [6, 6.07) is 0. The SMILES string of the molecule is C=C/C=C\C=C\N(C/C=C\C=C(/C)C(=C)/C=C\C=C)C(=C)CCC(=C)C(=C)C. The van der Waals surface area contributed by atoms with Crippen LogP contribution in [0.1, 0.15) is 26.7 Å². The lowest BCUT2D eigenvalue weighted by atomic mass is 10.0. The monoisotopic (exact) mass is 373 g/mol. The van der Waals surface area contributed by atoms with E-state index in [-0.39, 0.29) is 0 Å². The zero-order valence-electron chi connectivity index (χ0n) is 17.7. The van der Waals surface area contributed by atoms with Crippen LogP contribution >= 0.6 is 0 Å². The molecule has 0 saturated carbocycles. The van der Waals surface area contributed by atoms with Crippen LogP contribution in [0.25, 0.3) is 0 Å². The van der Waals surface area contributed by atoms with Gasteiger partial charge in [0.25, 0.3) is 0 Å². The van der Waals surface area contributed by atoms with E-state index in [1.54, 1.807) is 12.2 Å². The third-order valence-electron chi connectivity index (χ3n) is 4.07. The molecule has 0 aliphatic rings. The Kier molecular flexibility index (Phi) is 13.4. The van der Waals surface area contributed by atoms with Gasteiger partial charge in [0.15, 0.2) is 0 Å². The van der Waals surface area contributed by atoms with E-state index in [0.29, 0.717) is 0 Å². The molecular weight excluding hydrogens is 338 g/mol. The molecule has 0 N–H and O–H groups in total. The molecule has 0 saturated heterocycles. The second kappa shape index (κ2) is 15.0. The van der Waals surface area contributed by atoms with Crippen LogP contribution in [-0.2, 0) is 0 Å². The minimum absolute atomic E-state index is 0.732. The summed E-state index contributed by atoms with van der Waals surface area (Å²) in [5, 5.41) is 0. The Bertz CT molecular complexity index is 732. The van der Waals surface area contributed by atoms with Gasteiger partial charge in [-0.25, -0.2) is 0 Å². The van der Waals surface area contributed by atoms with E-state index in [2.05, 4.69) is 56.5 Å². The summed E-state index contributed by atoms with van der Waals surface area (Å²) in [5.74, 6) is 0. The van der Waals surface area contributed by atoms with Crippen molar-refractivity contribution in [2.75, 3.05) is 6.54 Å². The van der Waals surface area contributed by atoms with Crippen LogP contribution in [-0.4, -0.2) is 11.4 Å². The molecule has 0 bridgehead atoms. The van der Waals surface area contributed by atoms with Crippen LogP contribution in [0.2, 0.25) is 0 Å². The molecule has 0 radical (unpaired) electrons. The standard InChI is InChI=1S/C27H35N/c1-9-11-13-15-21-28(27(8)20-19-24(5)23(3)4)22-16-14-18-26(7)25(6)17-12-10-2/h9-18,21H,1-3,5-6,8,19-20,22H2,4,7H3/b13-11-,16-14-,17-12-,21-15+,26-18+. The van der Waals surface area contributed by atoms with E-state index in [1.807, 2.05) is 56.5 Å². The van der Waals surface area contributed by atoms with Crippen LogP contribution in [0.15, 0.2) is 134 Å². The van der Waals surface area contributed by atoms with Gasteiger partial charge in [-0.15, -0.1) is 0 Å². The van der Waals surface area contributed by atoms with E-state index in [1.165, 1.54) is 0 Å². The molecule has 0 aromatic heterocycles. The third kappa shape index (κ3) is 11.5. The average Bonchev–Trinajstić information content (AvgIpc) is 2.68. The Morgan fingerprint density at radius 2 is 1.50 bits per heavy atom. The molecule has 148 valence electrons. The van der Waals surface area contributed by atoms with E-state index < -0.39 is 0 Å². The maximum atomic E-state index is 4.24. The van der Waals surface area contributed by atoms with Crippen LogP contribution in [0.5, 0.6) is 0 Å². The summed E-state index contributed by atoms with van der Waals surface area (Å²) < 4.78 is 0. The fourth-order valence-electron chi connectivity index (χ4n) is 2.05. The zero-order valence-corrected chi connectivity index (χ0v) is 17.7. The summed E-state index contributed by atoms with van der Waals surface area (Å²) in [5.41, 5.74) is 5.21. The van der Waals surface area contributed by atoms with Gasteiger partial charge in [0.2, 0.25) is 0 Å². The fourth-order valence-corrected chi connectivity index (χ4v) is 2.05. The second-order valence-electron chi connectivity index (χ2n) is 6.46. The van der Waals surface area contributed by atoms with Crippen molar-refractivity contribution in [3.8, 4) is 0 Å². The predicted octanol–water partition coefficient (Wildman–Crippen LogP) is 7.77. The van der Waals surface area contributed by atoms with Gasteiger partial charge in [-0.3, -0.25) is 0 Å². The lowest BCUT2D eigenvalue weighted by molar-refractivity contribution is 0.494. The Morgan fingerprint density at radius 1 is 0.821 bits per heavy atom.